The standard InChI is InChI=1S/C24H46/c1-4-7-9-11-21-12-14-22(15-13-21)23-16-19-24(6-3,20-17-23)18-10-8-5-2/h21-23H,4-20H2,1-3H3. The van der Waals surface area contributed by atoms with E-state index in [2.05, 4.69) is 20.8 Å². The smallest absolute Gasteiger partial charge is 0.0300 e. The molecule has 0 spiro atoms. The molecule has 0 unspecified atom stereocenters. The van der Waals surface area contributed by atoms with E-state index in [1.54, 1.807) is 51.4 Å². The van der Waals surface area contributed by atoms with E-state index < -0.39 is 0 Å². The summed E-state index contributed by atoms with van der Waals surface area (Å²) in [5.41, 5.74) is 0.739. The Morgan fingerprint density at radius 2 is 1.25 bits per heavy atom. The second-order valence-electron chi connectivity index (χ2n) is 9.42. The minimum Gasteiger partial charge on any atom is -0.0654 e. The lowest BCUT2D eigenvalue weighted by Crippen LogP contribution is -2.31. The Balaban J connectivity index is 1.69. The van der Waals surface area contributed by atoms with Gasteiger partial charge in [0.05, 0.1) is 0 Å². The maximum atomic E-state index is 2.47. The third-order valence-electron chi connectivity index (χ3n) is 7.93. The summed E-state index contributed by atoms with van der Waals surface area (Å²) in [6, 6.07) is 0. The molecule has 0 N–H and O–H groups in total. The lowest BCUT2D eigenvalue weighted by molar-refractivity contribution is 0.0798. The van der Waals surface area contributed by atoms with E-state index in [0.717, 1.165) is 23.2 Å². The Labute approximate surface area is 153 Å². The Morgan fingerprint density at radius 3 is 1.83 bits per heavy atom. The number of rotatable bonds is 10. The molecule has 0 aromatic heterocycles. The molecule has 0 heteroatoms. The van der Waals surface area contributed by atoms with Crippen LogP contribution in [0.3, 0.4) is 0 Å². The lowest BCUT2D eigenvalue weighted by Gasteiger charge is -2.44. The Kier molecular flexibility index (Phi) is 9.20. The SMILES string of the molecule is CCCCCC1CCC(C2CCC(CC)(CCCCC)CC2)CC1. The van der Waals surface area contributed by atoms with Gasteiger partial charge >= 0.3 is 0 Å². The van der Waals surface area contributed by atoms with Crippen LogP contribution >= 0.6 is 0 Å². The summed E-state index contributed by atoms with van der Waals surface area (Å²) in [7, 11) is 0. The van der Waals surface area contributed by atoms with Crippen molar-refractivity contribution in [2.45, 2.75) is 130 Å². The Hall–Kier alpha value is 0. The summed E-state index contributed by atoms with van der Waals surface area (Å²) in [5, 5.41) is 0. The lowest BCUT2D eigenvalue weighted by atomic mass is 9.62. The molecule has 2 fully saturated rings. The molecule has 2 rings (SSSR count). The first kappa shape index (κ1) is 20.3. The van der Waals surface area contributed by atoms with E-state index in [0.29, 0.717) is 0 Å². The molecule has 0 aromatic rings. The second-order valence-corrected chi connectivity index (χ2v) is 9.42. The fourth-order valence-electron chi connectivity index (χ4n) is 5.89. The highest BCUT2D eigenvalue weighted by Crippen LogP contribution is 2.49. The van der Waals surface area contributed by atoms with Crippen LogP contribution in [0.5, 0.6) is 0 Å². The molecule has 0 saturated heterocycles. The van der Waals surface area contributed by atoms with Crippen LogP contribution in [0, 0.1) is 23.2 Å². The van der Waals surface area contributed by atoms with Gasteiger partial charge in [-0.15, -0.1) is 0 Å². The van der Waals surface area contributed by atoms with Crippen LogP contribution in [0.25, 0.3) is 0 Å². The highest BCUT2D eigenvalue weighted by atomic mass is 14.4. The van der Waals surface area contributed by atoms with Gasteiger partial charge in [-0.1, -0.05) is 85.0 Å². The van der Waals surface area contributed by atoms with E-state index in [-0.39, 0.29) is 0 Å². The third kappa shape index (κ3) is 6.06. The van der Waals surface area contributed by atoms with Gasteiger partial charge in [0.15, 0.2) is 0 Å². The van der Waals surface area contributed by atoms with E-state index in [9.17, 15) is 0 Å². The van der Waals surface area contributed by atoms with Crippen molar-refractivity contribution < 1.29 is 0 Å². The molecular weight excluding hydrogens is 288 g/mol. The third-order valence-corrected chi connectivity index (χ3v) is 7.93. The molecule has 0 amide bonds. The first-order valence-corrected chi connectivity index (χ1v) is 11.7. The number of unbranched alkanes of at least 4 members (excludes halogenated alkanes) is 4. The van der Waals surface area contributed by atoms with Gasteiger partial charge in [0, 0.05) is 0 Å². The largest absolute Gasteiger partial charge is 0.0654 e. The molecule has 0 bridgehead atoms. The topological polar surface area (TPSA) is 0 Å². The van der Waals surface area contributed by atoms with Gasteiger partial charge in [0.2, 0.25) is 0 Å². The summed E-state index contributed by atoms with van der Waals surface area (Å²) in [6.45, 7) is 7.14. The zero-order valence-electron chi connectivity index (χ0n) is 17.3. The molecular formula is C24H46. The zero-order chi connectivity index (χ0) is 17.3. The van der Waals surface area contributed by atoms with E-state index in [1.807, 2.05) is 0 Å². The number of hydrogen-bond acceptors (Lipinski definition) is 0. The van der Waals surface area contributed by atoms with Crippen LogP contribution in [0.1, 0.15) is 130 Å². The predicted octanol–water partition coefficient (Wildman–Crippen LogP) is 8.54. The average molecular weight is 335 g/mol. The Morgan fingerprint density at radius 1 is 0.667 bits per heavy atom. The molecule has 0 heterocycles. The van der Waals surface area contributed by atoms with Gasteiger partial charge in [0.1, 0.15) is 0 Å². The molecule has 24 heavy (non-hydrogen) atoms. The first-order valence-electron chi connectivity index (χ1n) is 11.7. The van der Waals surface area contributed by atoms with E-state index in [1.165, 1.54) is 57.8 Å². The summed E-state index contributed by atoms with van der Waals surface area (Å²) in [5.74, 6) is 3.27. The van der Waals surface area contributed by atoms with Crippen LogP contribution in [0.4, 0.5) is 0 Å². The van der Waals surface area contributed by atoms with Gasteiger partial charge in [0.25, 0.3) is 0 Å². The zero-order valence-corrected chi connectivity index (χ0v) is 17.3. The second kappa shape index (κ2) is 10.9. The van der Waals surface area contributed by atoms with Crippen molar-refractivity contribution in [3.63, 3.8) is 0 Å². The normalized spacial score (nSPS) is 34.4. The van der Waals surface area contributed by atoms with Crippen LogP contribution in [-0.4, -0.2) is 0 Å². The predicted molar refractivity (Wildman–Crippen MR) is 108 cm³/mol. The maximum Gasteiger partial charge on any atom is -0.0300 e. The van der Waals surface area contributed by atoms with Crippen molar-refractivity contribution in [2.24, 2.45) is 23.2 Å². The molecule has 2 saturated carbocycles. The molecule has 0 radical (unpaired) electrons. The molecule has 2 aliphatic carbocycles. The molecule has 0 aliphatic heterocycles. The van der Waals surface area contributed by atoms with Crippen LogP contribution in [0.2, 0.25) is 0 Å². The fraction of sp³-hybridized carbons (Fsp3) is 1.00. The quantitative estimate of drug-likeness (QED) is 0.351. The van der Waals surface area contributed by atoms with Crippen molar-refractivity contribution in [3.8, 4) is 0 Å². The molecule has 0 nitrogen and oxygen atoms in total. The highest BCUT2D eigenvalue weighted by Gasteiger charge is 2.36. The minimum atomic E-state index is 0.739. The van der Waals surface area contributed by atoms with Gasteiger partial charge < -0.3 is 0 Å². The fourth-order valence-corrected chi connectivity index (χ4v) is 5.89. The van der Waals surface area contributed by atoms with Gasteiger partial charge in [-0.25, -0.2) is 0 Å². The molecule has 2 aliphatic rings. The maximum absolute atomic E-state index is 2.47. The summed E-state index contributed by atoms with van der Waals surface area (Å²) in [6.07, 6.45) is 25.6. The van der Waals surface area contributed by atoms with E-state index >= 15 is 0 Å². The Bertz CT molecular complexity index is 302. The van der Waals surface area contributed by atoms with Gasteiger partial charge in [-0.3, -0.25) is 0 Å². The summed E-state index contributed by atoms with van der Waals surface area (Å²) in [4.78, 5) is 0. The van der Waals surface area contributed by atoms with Crippen molar-refractivity contribution >= 4 is 0 Å². The molecule has 0 atom stereocenters. The number of hydrogen-bond donors (Lipinski definition) is 0. The van der Waals surface area contributed by atoms with Crippen molar-refractivity contribution in [2.75, 3.05) is 0 Å². The molecule has 142 valence electrons. The summed E-state index contributed by atoms with van der Waals surface area (Å²) >= 11 is 0. The first-order chi connectivity index (χ1) is 11.7. The average Bonchev–Trinajstić information content (AvgIpc) is 2.63. The summed E-state index contributed by atoms with van der Waals surface area (Å²) < 4.78 is 0. The van der Waals surface area contributed by atoms with Gasteiger partial charge in [-0.2, -0.15) is 0 Å². The van der Waals surface area contributed by atoms with Crippen molar-refractivity contribution in [1.82, 2.24) is 0 Å². The minimum absolute atomic E-state index is 0.739. The van der Waals surface area contributed by atoms with Crippen LogP contribution in [-0.2, 0) is 0 Å². The van der Waals surface area contributed by atoms with Crippen molar-refractivity contribution in [1.29, 1.82) is 0 Å². The van der Waals surface area contributed by atoms with Crippen LogP contribution in [0.15, 0.2) is 0 Å². The van der Waals surface area contributed by atoms with Crippen molar-refractivity contribution in [3.05, 3.63) is 0 Å². The van der Waals surface area contributed by atoms with E-state index in [4.69, 9.17) is 0 Å². The van der Waals surface area contributed by atoms with Gasteiger partial charge in [-0.05, 0) is 68.1 Å². The highest BCUT2D eigenvalue weighted by molar-refractivity contribution is 4.88. The monoisotopic (exact) mass is 334 g/mol. The van der Waals surface area contributed by atoms with Crippen LogP contribution < -0.4 is 0 Å². The molecule has 0 aromatic carbocycles.